The van der Waals surface area contributed by atoms with Gasteiger partial charge in [-0.2, -0.15) is 0 Å². The van der Waals surface area contributed by atoms with Crippen LogP contribution < -0.4 is 16.3 Å². The van der Waals surface area contributed by atoms with E-state index >= 15 is 0 Å². The van der Waals surface area contributed by atoms with Crippen molar-refractivity contribution >= 4 is 31.7 Å². The highest BCUT2D eigenvalue weighted by molar-refractivity contribution is 7.21. The lowest BCUT2D eigenvalue weighted by Gasteiger charge is -1.93. The molecule has 1 saturated heterocycles. The fourth-order valence-corrected chi connectivity index (χ4v) is 0.904. The minimum atomic E-state index is -0.833. The molecule has 1 heterocycles. The molecule has 0 spiro atoms. The summed E-state index contributed by atoms with van der Waals surface area (Å²) >= 11 is 0. The van der Waals surface area contributed by atoms with Crippen LogP contribution in [0.25, 0.3) is 0 Å². The van der Waals surface area contributed by atoms with Gasteiger partial charge in [-0.3, -0.25) is 25.5 Å². The predicted molar refractivity (Wildman–Crippen MR) is 66.9 cm³/mol. The first-order valence-electron chi connectivity index (χ1n) is 4.47. The molecule has 0 aromatic rings. The standard InChI is InChI=1S/C6H11NO.H3N2P.H2NOP.HO2P/c8-6-4-2-1-3-5-7-6;3*1-3-2/h1-5H2,(H,7,8);(H3,1,2);(H2,1,2);(H,1,2). The van der Waals surface area contributed by atoms with Crippen molar-refractivity contribution in [2.45, 2.75) is 25.7 Å². The minimum Gasteiger partial charge on any atom is -0.356 e. The van der Waals surface area contributed by atoms with Crippen molar-refractivity contribution in [2.24, 2.45) is 11.0 Å². The lowest BCUT2D eigenvalue weighted by atomic mass is 10.2. The van der Waals surface area contributed by atoms with Crippen LogP contribution in [0, 0.1) is 5.16 Å². The zero-order chi connectivity index (χ0) is 13.9. The summed E-state index contributed by atoms with van der Waals surface area (Å²) in [5, 5.41) is 8.76. The molecule has 0 aliphatic carbocycles. The quantitative estimate of drug-likeness (QED) is 0.427. The van der Waals surface area contributed by atoms with E-state index < -0.39 is 8.69 Å². The maximum Gasteiger partial charge on any atom is 0.324 e. The van der Waals surface area contributed by atoms with Crippen molar-refractivity contribution in [3.05, 3.63) is 0 Å². The van der Waals surface area contributed by atoms with Crippen LogP contribution in [-0.2, 0) is 13.9 Å². The molecular formula is C6H17N4O4P3. The molecule has 0 saturated carbocycles. The normalized spacial score (nSPS) is 13.9. The van der Waals surface area contributed by atoms with Crippen LogP contribution in [0.15, 0.2) is 0 Å². The Balaban J connectivity index is -0.000000184. The molecule has 17 heavy (non-hydrogen) atoms. The van der Waals surface area contributed by atoms with Crippen LogP contribution in [0.2, 0.25) is 0 Å². The van der Waals surface area contributed by atoms with Crippen LogP contribution in [-0.4, -0.2) is 17.3 Å². The van der Waals surface area contributed by atoms with Gasteiger partial charge in [0.15, 0.2) is 0 Å². The highest BCUT2D eigenvalue weighted by Gasteiger charge is 2.03. The van der Waals surface area contributed by atoms with Gasteiger partial charge in [-0.1, -0.05) is 6.42 Å². The number of nitrogens with two attached hydrogens (primary N) is 2. The molecule has 0 atom stereocenters. The van der Waals surface area contributed by atoms with E-state index in [1.54, 1.807) is 0 Å². The van der Waals surface area contributed by atoms with Crippen molar-refractivity contribution in [1.29, 1.82) is 5.16 Å². The number of nitrogens with one attached hydrogen (secondary N) is 2. The fourth-order valence-electron chi connectivity index (χ4n) is 0.904. The van der Waals surface area contributed by atoms with Gasteiger partial charge in [0.05, 0.1) is 8.52 Å². The molecular weight excluding hydrogens is 285 g/mol. The summed E-state index contributed by atoms with van der Waals surface area (Å²) in [5.74, 6) is 0.225. The predicted octanol–water partition coefficient (Wildman–Crippen LogP) is 1.58. The second-order valence-corrected chi connectivity index (χ2v) is 3.11. The van der Waals surface area contributed by atoms with Gasteiger partial charge in [-0.05, 0) is 12.8 Å². The Morgan fingerprint density at radius 3 is 2.06 bits per heavy atom. The minimum absolute atomic E-state index is 0.167. The molecule has 8 nitrogen and oxygen atoms in total. The van der Waals surface area contributed by atoms with Gasteiger partial charge in [0, 0.05) is 13.0 Å². The maximum atomic E-state index is 10.6. The van der Waals surface area contributed by atoms with E-state index in [-0.39, 0.29) is 23.0 Å². The van der Waals surface area contributed by atoms with Crippen LogP contribution in [0.3, 0.4) is 0 Å². The maximum absolute atomic E-state index is 10.6. The Hall–Kier alpha value is -0.350. The van der Waals surface area contributed by atoms with Crippen LogP contribution in [0.5, 0.6) is 0 Å². The van der Waals surface area contributed by atoms with E-state index in [2.05, 4.69) is 16.3 Å². The molecule has 1 amide bonds. The molecule has 1 fully saturated rings. The first-order chi connectivity index (χ1) is 8.14. The van der Waals surface area contributed by atoms with Gasteiger partial charge in [-0.25, -0.2) is 4.57 Å². The molecule has 0 aromatic heterocycles. The average Bonchev–Trinajstić information content (AvgIpc) is 2.49. The number of amides is 1. The summed E-state index contributed by atoms with van der Waals surface area (Å²) in [6, 6.07) is 0. The lowest BCUT2D eigenvalue weighted by molar-refractivity contribution is -0.120. The summed E-state index contributed by atoms with van der Waals surface area (Å²) < 4.78 is 17.1. The van der Waals surface area contributed by atoms with Gasteiger partial charge >= 0.3 is 8.69 Å². The van der Waals surface area contributed by atoms with E-state index in [0.29, 0.717) is 0 Å². The molecule has 0 bridgehead atoms. The number of rotatable bonds is 0. The molecule has 100 valence electrons. The third-order valence-corrected chi connectivity index (χ3v) is 1.40. The van der Waals surface area contributed by atoms with Crippen molar-refractivity contribution < 1.29 is 18.8 Å². The van der Waals surface area contributed by atoms with Crippen molar-refractivity contribution in [3.63, 3.8) is 0 Å². The summed E-state index contributed by atoms with van der Waals surface area (Å²) in [4.78, 5) is 17.6. The van der Waals surface area contributed by atoms with Crippen molar-refractivity contribution in [3.8, 4) is 0 Å². The van der Waals surface area contributed by atoms with Crippen LogP contribution >= 0.6 is 25.8 Å². The largest absolute Gasteiger partial charge is 0.356 e. The monoisotopic (exact) mass is 302 g/mol. The Kier molecular flexibility index (Phi) is 31.9. The highest BCUT2D eigenvalue weighted by Crippen LogP contribution is 2.02. The van der Waals surface area contributed by atoms with Gasteiger partial charge in [-0.15, -0.1) is 0 Å². The van der Waals surface area contributed by atoms with Gasteiger partial charge in [0.25, 0.3) is 0 Å². The Morgan fingerprint density at radius 2 is 1.65 bits per heavy atom. The Labute approximate surface area is 105 Å². The van der Waals surface area contributed by atoms with E-state index in [1.807, 2.05) is 0 Å². The second kappa shape index (κ2) is 24.7. The highest BCUT2D eigenvalue weighted by atomic mass is 31.1. The van der Waals surface area contributed by atoms with E-state index in [1.165, 1.54) is 6.42 Å². The summed E-state index contributed by atoms with van der Waals surface area (Å²) in [6.45, 7) is 0.888. The number of hydrogen-bond acceptors (Lipinski definition) is 4. The Bertz CT molecular complexity index is 183. The summed E-state index contributed by atoms with van der Waals surface area (Å²) in [6.07, 6.45) is 4.18. The molecule has 1 aliphatic heterocycles. The molecule has 1 rings (SSSR count). The molecule has 0 radical (unpaired) electrons. The lowest BCUT2D eigenvalue weighted by Crippen LogP contribution is -2.21. The summed E-state index contributed by atoms with van der Waals surface area (Å²) in [7, 11) is -1.00. The molecule has 7 N–H and O–H groups in total. The average molecular weight is 302 g/mol. The number of carbonyl (C=O) groups is 1. The molecule has 1 aliphatic rings. The zero-order valence-corrected chi connectivity index (χ0v) is 11.9. The van der Waals surface area contributed by atoms with E-state index in [0.717, 1.165) is 25.8 Å². The van der Waals surface area contributed by atoms with E-state index in [9.17, 15) is 4.79 Å². The van der Waals surface area contributed by atoms with Gasteiger partial charge in [0.1, 0.15) is 0 Å². The van der Waals surface area contributed by atoms with Crippen molar-refractivity contribution in [2.75, 3.05) is 6.54 Å². The molecule has 0 aromatic carbocycles. The van der Waals surface area contributed by atoms with Crippen LogP contribution in [0.1, 0.15) is 25.7 Å². The fraction of sp³-hybridized carbons (Fsp3) is 0.833. The van der Waals surface area contributed by atoms with Crippen molar-refractivity contribution in [1.82, 2.24) is 5.32 Å². The van der Waals surface area contributed by atoms with Crippen LogP contribution in [0.4, 0.5) is 0 Å². The molecule has 11 heteroatoms. The molecule has 0 unspecified atom stereocenters. The van der Waals surface area contributed by atoms with Gasteiger partial charge < -0.3 is 10.2 Å². The first kappa shape index (κ1) is 21.9. The number of hydrogen-bond donors (Lipinski definition) is 5. The SMILES string of the molecule is N=PN.NP=O.O=C1CCCCCN1.O=PO. The van der Waals surface area contributed by atoms with Gasteiger partial charge in [0.2, 0.25) is 14.5 Å². The summed E-state index contributed by atoms with van der Waals surface area (Å²) in [5.41, 5.74) is 8.75. The Morgan fingerprint density at radius 1 is 1.24 bits per heavy atom. The number of carbonyl (C=O) groups excluding carboxylic acids is 1. The second-order valence-electron chi connectivity index (χ2n) is 2.48. The topological polar surface area (TPSA) is 159 Å². The smallest absolute Gasteiger partial charge is 0.324 e. The zero-order valence-electron chi connectivity index (χ0n) is 9.20. The van der Waals surface area contributed by atoms with E-state index in [4.69, 9.17) is 19.2 Å². The third-order valence-electron chi connectivity index (χ3n) is 1.40. The first-order valence-corrected chi connectivity index (χ1v) is 7.08. The third kappa shape index (κ3) is 39.0.